The lowest BCUT2D eigenvalue weighted by Gasteiger charge is -2.24. The second kappa shape index (κ2) is 5.53. The third-order valence-corrected chi connectivity index (χ3v) is 2.74. The average molecular weight is 228 g/mol. The summed E-state index contributed by atoms with van der Waals surface area (Å²) in [4.78, 5) is 13.6. The largest absolute Gasteiger partial charge is 0.444 e. The van der Waals surface area contributed by atoms with E-state index in [1.807, 2.05) is 32.7 Å². The summed E-state index contributed by atoms with van der Waals surface area (Å²) in [5.41, 5.74) is -0.389. The molecule has 1 saturated heterocycles. The van der Waals surface area contributed by atoms with Crippen LogP contribution in [0.3, 0.4) is 0 Å². The molecule has 1 rings (SSSR count). The van der Waals surface area contributed by atoms with Crippen LogP contribution in [0.1, 0.15) is 33.6 Å². The first kappa shape index (κ1) is 13.3. The fourth-order valence-electron chi connectivity index (χ4n) is 1.91. The van der Waals surface area contributed by atoms with Gasteiger partial charge in [0, 0.05) is 13.1 Å². The molecule has 0 aliphatic carbocycles. The van der Waals surface area contributed by atoms with Crippen molar-refractivity contribution in [2.75, 3.05) is 26.7 Å². The van der Waals surface area contributed by atoms with Gasteiger partial charge in [-0.25, -0.2) is 4.79 Å². The van der Waals surface area contributed by atoms with Gasteiger partial charge in [0.05, 0.1) is 0 Å². The van der Waals surface area contributed by atoms with Gasteiger partial charge in [0.1, 0.15) is 5.60 Å². The van der Waals surface area contributed by atoms with Crippen LogP contribution in [-0.2, 0) is 4.74 Å². The second-order valence-electron chi connectivity index (χ2n) is 5.47. The summed E-state index contributed by atoms with van der Waals surface area (Å²) in [5.74, 6) is 0.625. The number of carbonyl (C=O) groups excluding carboxylic acids is 1. The maximum absolute atomic E-state index is 11.8. The Morgan fingerprint density at radius 1 is 1.50 bits per heavy atom. The van der Waals surface area contributed by atoms with Gasteiger partial charge >= 0.3 is 6.09 Å². The van der Waals surface area contributed by atoms with Crippen molar-refractivity contribution < 1.29 is 9.53 Å². The van der Waals surface area contributed by atoms with Crippen LogP contribution < -0.4 is 5.32 Å². The Morgan fingerprint density at radius 2 is 2.19 bits per heavy atom. The van der Waals surface area contributed by atoms with E-state index in [9.17, 15) is 4.79 Å². The first-order valence-electron chi connectivity index (χ1n) is 6.05. The van der Waals surface area contributed by atoms with E-state index in [1.54, 1.807) is 0 Å². The van der Waals surface area contributed by atoms with Crippen LogP contribution >= 0.6 is 0 Å². The van der Waals surface area contributed by atoms with Crippen molar-refractivity contribution in [2.45, 2.75) is 39.2 Å². The molecule has 0 bridgehead atoms. The van der Waals surface area contributed by atoms with Gasteiger partial charge in [-0.2, -0.15) is 0 Å². The number of likely N-dealkylation sites (tertiary alicyclic amines) is 1. The van der Waals surface area contributed by atoms with Gasteiger partial charge in [-0.05, 0) is 53.1 Å². The lowest BCUT2D eigenvalue weighted by atomic mass is 10.1. The molecule has 1 aliphatic rings. The molecule has 0 aromatic rings. The van der Waals surface area contributed by atoms with Crippen molar-refractivity contribution in [1.82, 2.24) is 10.2 Å². The van der Waals surface area contributed by atoms with Crippen molar-refractivity contribution in [3.8, 4) is 0 Å². The van der Waals surface area contributed by atoms with Gasteiger partial charge in [-0.3, -0.25) is 0 Å². The lowest BCUT2D eigenvalue weighted by Crippen LogP contribution is -2.35. The maximum Gasteiger partial charge on any atom is 0.410 e. The molecule has 0 saturated carbocycles. The fraction of sp³-hybridized carbons (Fsp3) is 0.917. The summed E-state index contributed by atoms with van der Waals surface area (Å²) >= 11 is 0. The van der Waals surface area contributed by atoms with Crippen LogP contribution in [0.15, 0.2) is 0 Å². The smallest absolute Gasteiger partial charge is 0.410 e. The zero-order chi connectivity index (χ0) is 12.2. The van der Waals surface area contributed by atoms with Gasteiger partial charge in [0.15, 0.2) is 0 Å². The third kappa shape index (κ3) is 4.39. The van der Waals surface area contributed by atoms with Gasteiger partial charge in [0.25, 0.3) is 0 Å². The average Bonchev–Trinajstić information content (AvgIpc) is 2.60. The Bertz CT molecular complexity index is 236. The van der Waals surface area contributed by atoms with Crippen LogP contribution in [0.5, 0.6) is 0 Å². The number of rotatable bonds is 3. The Labute approximate surface area is 98.3 Å². The molecule has 0 radical (unpaired) electrons. The van der Waals surface area contributed by atoms with Crippen molar-refractivity contribution in [1.29, 1.82) is 0 Å². The van der Waals surface area contributed by atoms with Crippen molar-refractivity contribution in [3.05, 3.63) is 0 Å². The minimum absolute atomic E-state index is 0.167. The molecule has 0 unspecified atom stereocenters. The van der Waals surface area contributed by atoms with E-state index in [1.165, 1.54) is 0 Å². The van der Waals surface area contributed by atoms with Crippen molar-refractivity contribution in [3.63, 3.8) is 0 Å². The first-order chi connectivity index (χ1) is 7.42. The van der Waals surface area contributed by atoms with Gasteiger partial charge in [-0.1, -0.05) is 0 Å². The SMILES string of the molecule is CNCC[C@@H]1CCN(C(=O)OC(C)(C)C)C1. The van der Waals surface area contributed by atoms with Gasteiger partial charge < -0.3 is 15.0 Å². The number of amides is 1. The van der Waals surface area contributed by atoms with E-state index in [0.29, 0.717) is 5.92 Å². The molecule has 0 aromatic heterocycles. The molecule has 1 fully saturated rings. The summed E-state index contributed by atoms with van der Waals surface area (Å²) in [7, 11) is 1.96. The van der Waals surface area contributed by atoms with Gasteiger partial charge in [0.2, 0.25) is 0 Å². The van der Waals surface area contributed by atoms with E-state index >= 15 is 0 Å². The number of ether oxygens (including phenoxy) is 1. The highest BCUT2D eigenvalue weighted by Crippen LogP contribution is 2.21. The van der Waals surface area contributed by atoms with Crippen LogP contribution in [0.4, 0.5) is 4.79 Å². The topological polar surface area (TPSA) is 41.6 Å². The van der Waals surface area contributed by atoms with Crippen LogP contribution in [-0.4, -0.2) is 43.3 Å². The minimum Gasteiger partial charge on any atom is -0.444 e. The summed E-state index contributed by atoms with van der Waals surface area (Å²) in [6, 6.07) is 0. The predicted molar refractivity (Wildman–Crippen MR) is 64.5 cm³/mol. The molecule has 1 heterocycles. The molecule has 1 aliphatic heterocycles. The molecule has 4 nitrogen and oxygen atoms in total. The number of nitrogens with zero attached hydrogens (tertiary/aromatic N) is 1. The molecule has 16 heavy (non-hydrogen) atoms. The number of nitrogens with one attached hydrogen (secondary N) is 1. The van der Waals surface area contributed by atoms with E-state index in [-0.39, 0.29) is 11.7 Å². The molecular formula is C12H24N2O2. The maximum atomic E-state index is 11.8. The van der Waals surface area contributed by atoms with E-state index in [2.05, 4.69) is 5.32 Å². The monoisotopic (exact) mass is 228 g/mol. The van der Waals surface area contributed by atoms with E-state index in [4.69, 9.17) is 4.74 Å². The molecule has 0 aromatic carbocycles. The number of hydrogen-bond acceptors (Lipinski definition) is 3. The second-order valence-corrected chi connectivity index (χ2v) is 5.47. The van der Waals surface area contributed by atoms with Crippen LogP contribution in [0, 0.1) is 5.92 Å². The lowest BCUT2D eigenvalue weighted by molar-refractivity contribution is 0.0287. The number of hydrogen-bond donors (Lipinski definition) is 1. The van der Waals surface area contributed by atoms with Crippen LogP contribution in [0.2, 0.25) is 0 Å². The van der Waals surface area contributed by atoms with Gasteiger partial charge in [-0.15, -0.1) is 0 Å². The zero-order valence-corrected chi connectivity index (χ0v) is 10.9. The third-order valence-electron chi connectivity index (χ3n) is 2.74. The Balaban J connectivity index is 2.32. The fourth-order valence-corrected chi connectivity index (χ4v) is 1.91. The summed E-state index contributed by atoms with van der Waals surface area (Å²) < 4.78 is 5.35. The molecule has 0 spiro atoms. The summed E-state index contributed by atoms with van der Waals surface area (Å²) in [6.45, 7) is 8.41. The number of carbonyl (C=O) groups is 1. The Hall–Kier alpha value is -0.770. The van der Waals surface area contributed by atoms with E-state index < -0.39 is 0 Å². The van der Waals surface area contributed by atoms with Crippen molar-refractivity contribution >= 4 is 6.09 Å². The molecule has 94 valence electrons. The predicted octanol–water partition coefficient (Wildman–Crippen LogP) is 1.85. The summed E-state index contributed by atoms with van der Waals surface area (Å²) in [6.07, 6.45) is 2.07. The van der Waals surface area contributed by atoms with Crippen LogP contribution in [0.25, 0.3) is 0 Å². The van der Waals surface area contributed by atoms with Crippen molar-refractivity contribution in [2.24, 2.45) is 5.92 Å². The molecule has 4 heteroatoms. The first-order valence-corrected chi connectivity index (χ1v) is 6.05. The Kier molecular flexibility index (Phi) is 4.59. The quantitative estimate of drug-likeness (QED) is 0.801. The highest BCUT2D eigenvalue weighted by molar-refractivity contribution is 5.68. The highest BCUT2D eigenvalue weighted by atomic mass is 16.6. The Morgan fingerprint density at radius 3 is 2.75 bits per heavy atom. The standard InChI is InChI=1S/C12H24N2O2/c1-12(2,3)16-11(15)14-8-6-10(9-14)5-7-13-4/h10,13H,5-9H2,1-4H3/t10-/m1/s1. The summed E-state index contributed by atoms with van der Waals surface area (Å²) in [5, 5.41) is 3.14. The minimum atomic E-state index is -0.389. The highest BCUT2D eigenvalue weighted by Gasteiger charge is 2.29. The molecule has 1 atom stereocenters. The zero-order valence-electron chi connectivity index (χ0n) is 10.9. The van der Waals surface area contributed by atoms with E-state index in [0.717, 1.165) is 32.5 Å². The molecular weight excluding hydrogens is 204 g/mol. The molecule has 1 N–H and O–H groups in total. The normalized spacial score (nSPS) is 21.2. The molecule has 1 amide bonds.